The fourth-order valence-corrected chi connectivity index (χ4v) is 3.60. The van der Waals surface area contributed by atoms with E-state index in [4.69, 9.17) is 20.2 Å². The van der Waals surface area contributed by atoms with Crippen LogP contribution in [0.15, 0.2) is 24.3 Å². The lowest BCUT2D eigenvalue weighted by Gasteiger charge is -2.35. The molecule has 1 atom stereocenters. The van der Waals surface area contributed by atoms with Crippen LogP contribution in [0.2, 0.25) is 0 Å². The molecule has 1 fully saturated rings. The van der Waals surface area contributed by atoms with E-state index in [0.717, 1.165) is 49.0 Å². The van der Waals surface area contributed by atoms with Gasteiger partial charge in [0.2, 0.25) is 0 Å². The first-order valence-electron chi connectivity index (χ1n) is 8.88. The molecule has 3 heterocycles. The Labute approximate surface area is 148 Å². The second-order valence-corrected chi connectivity index (χ2v) is 6.61. The fraction of sp³-hybridized carbons (Fsp3) is 0.474. The van der Waals surface area contributed by atoms with Crippen LogP contribution in [0.4, 0.5) is 5.82 Å². The number of nitrogens with zero attached hydrogens (tertiary/aromatic N) is 3. The van der Waals surface area contributed by atoms with Gasteiger partial charge in [-0.1, -0.05) is 18.2 Å². The van der Waals surface area contributed by atoms with Crippen LogP contribution in [0.3, 0.4) is 0 Å². The number of anilines is 1. The van der Waals surface area contributed by atoms with Gasteiger partial charge in [-0.15, -0.1) is 0 Å². The van der Waals surface area contributed by atoms with E-state index < -0.39 is 0 Å². The predicted molar refractivity (Wildman–Crippen MR) is 96.0 cm³/mol. The number of rotatable bonds is 3. The number of fused-ring (bicyclic) bond motifs is 2. The molecule has 2 N–H and O–H groups in total. The van der Waals surface area contributed by atoms with Gasteiger partial charge < -0.3 is 20.1 Å². The molecular formula is C19H24N4O2. The monoisotopic (exact) mass is 340 g/mol. The van der Waals surface area contributed by atoms with Crippen LogP contribution in [0.5, 0.6) is 5.75 Å². The van der Waals surface area contributed by atoms with E-state index in [2.05, 4.69) is 16.0 Å². The van der Waals surface area contributed by atoms with E-state index in [9.17, 15) is 0 Å². The van der Waals surface area contributed by atoms with Gasteiger partial charge in [-0.2, -0.15) is 0 Å². The first kappa shape index (κ1) is 16.3. The van der Waals surface area contributed by atoms with Crippen LogP contribution in [0, 0.1) is 6.92 Å². The number of hydrogen-bond acceptors (Lipinski definition) is 6. The van der Waals surface area contributed by atoms with Gasteiger partial charge in [0.15, 0.2) is 0 Å². The Morgan fingerprint density at radius 1 is 1.28 bits per heavy atom. The molecule has 0 spiro atoms. The number of para-hydroxylation sites is 1. The van der Waals surface area contributed by atoms with E-state index in [1.54, 1.807) is 0 Å². The SMILES string of the molecule is Cc1nc2c(c(N3CCO[C@@H](CCN)C3)n1)Cc1ccccc1OC2. The summed E-state index contributed by atoms with van der Waals surface area (Å²) in [6.07, 6.45) is 1.83. The molecule has 2 aromatic rings. The largest absolute Gasteiger partial charge is 0.487 e. The molecule has 132 valence electrons. The van der Waals surface area contributed by atoms with E-state index in [1.165, 1.54) is 11.1 Å². The third-order valence-corrected chi connectivity index (χ3v) is 4.81. The molecule has 6 nitrogen and oxygen atoms in total. The normalized spacial score (nSPS) is 19.6. The highest BCUT2D eigenvalue weighted by Crippen LogP contribution is 2.32. The standard InChI is InChI=1S/C19H24N4O2/c1-13-21-17-12-25-18-5-3-2-4-14(18)10-16(17)19(22-13)23-8-9-24-15(11-23)6-7-20/h2-5,15H,6-12,20H2,1H3/t15-/m0/s1. The molecule has 0 bridgehead atoms. The Morgan fingerprint density at radius 3 is 3.04 bits per heavy atom. The summed E-state index contributed by atoms with van der Waals surface area (Å²) in [5.41, 5.74) is 9.05. The third-order valence-electron chi connectivity index (χ3n) is 4.81. The molecule has 0 saturated carbocycles. The van der Waals surface area contributed by atoms with Crippen molar-refractivity contribution in [2.45, 2.75) is 32.5 Å². The molecule has 2 aliphatic rings. The van der Waals surface area contributed by atoms with Crippen LogP contribution in [-0.4, -0.2) is 42.3 Å². The third kappa shape index (κ3) is 3.32. The van der Waals surface area contributed by atoms with E-state index >= 15 is 0 Å². The molecule has 25 heavy (non-hydrogen) atoms. The summed E-state index contributed by atoms with van der Waals surface area (Å²) in [5, 5.41) is 0. The van der Waals surface area contributed by atoms with Crippen LogP contribution < -0.4 is 15.4 Å². The van der Waals surface area contributed by atoms with E-state index in [-0.39, 0.29) is 6.10 Å². The average Bonchev–Trinajstić information content (AvgIpc) is 2.81. The Kier molecular flexibility index (Phi) is 4.55. The summed E-state index contributed by atoms with van der Waals surface area (Å²) < 4.78 is 11.8. The topological polar surface area (TPSA) is 73.5 Å². The first-order chi connectivity index (χ1) is 12.2. The molecule has 0 unspecified atom stereocenters. The van der Waals surface area contributed by atoms with E-state index in [0.29, 0.717) is 19.8 Å². The zero-order valence-electron chi connectivity index (χ0n) is 14.6. The number of aromatic nitrogens is 2. The van der Waals surface area contributed by atoms with Crippen molar-refractivity contribution in [3.8, 4) is 5.75 Å². The Morgan fingerprint density at radius 2 is 2.16 bits per heavy atom. The van der Waals surface area contributed by atoms with Crippen molar-refractivity contribution in [3.05, 3.63) is 46.9 Å². The highest BCUT2D eigenvalue weighted by atomic mass is 16.5. The number of morpholine rings is 1. The molecule has 6 heteroatoms. The fourth-order valence-electron chi connectivity index (χ4n) is 3.60. The van der Waals surface area contributed by atoms with Gasteiger partial charge in [-0.25, -0.2) is 9.97 Å². The van der Waals surface area contributed by atoms with Gasteiger partial charge in [0.1, 0.15) is 24.0 Å². The molecule has 1 aromatic carbocycles. The van der Waals surface area contributed by atoms with Crippen molar-refractivity contribution in [2.75, 3.05) is 31.1 Å². The Balaban J connectivity index is 1.71. The summed E-state index contributed by atoms with van der Waals surface area (Å²) in [6, 6.07) is 8.19. The van der Waals surface area contributed by atoms with Crippen molar-refractivity contribution in [2.24, 2.45) is 5.73 Å². The zero-order chi connectivity index (χ0) is 17.2. The quantitative estimate of drug-likeness (QED) is 0.919. The minimum absolute atomic E-state index is 0.166. The lowest BCUT2D eigenvalue weighted by molar-refractivity contribution is 0.0365. The second kappa shape index (κ2) is 6.98. The van der Waals surface area contributed by atoms with Crippen molar-refractivity contribution >= 4 is 5.82 Å². The van der Waals surface area contributed by atoms with Gasteiger partial charge >= 0.3 is 0 Å². The lowest BCUT2D eigenvalue weighted by Crippen LogP contribution is -2.44. The maximum atomic E-state index is 5.98. The maximum absolute atomic E-state index is 5.98. The maximum Gasteiger partial charge on any atom is 0.136 e. The predicted octanol–water partition coefficient (Wildman–Crippen LogP) is 1.82. The molecule has 4 rings (SSSR count). The van der Waals surface area contributed by atoms with Gasteiger partial charge in [-0.05, 0) is 31.5 Å². The minimum atomic E-state index is 0.166. The second-order valence-electron chi connectivity index (χ2n) is 6.61. The molecule has 2 aliphatic heterocycles. The summed E-state index contributed by atoms with van der Waals surface area (Å²) in [4.78, 5) is 11.8. The number of hydrogen-bond donors (Lipinski definition) is 1. The van der Waals surface area contributed by atoms with Crippen molar-refractivity contribution in [1.82, 2.24) is 9.97 Å². The molecule has 1 saturated heterocycles. The molecule has 0 amide bonds. The summed E-state index contributed by atoms with van der Waals surface area (Å²) in [7, 11) is 0. The number of nitrogens with two attached hydrogens (primary N) is 1. The average molecular weight is 340 g/mol. The van der Waals surface area contributed by atoms with Crippen molar-refractivity contribution in [1.29, 1.82) is 0 Å². The van der Waals surface area contributed by atoms with Gasteiger partial charge in [0, 0.05) is 25.1 Å². The summed E-state index contributed by atoms with van der Waals surface area (Å²) in [5.74, 6) is 2.74. The van der Waals surface area contributed by atoms with Crippen molar-refractivity contribution in [3.63, 3.8) is 0 Å². The van der Waals surface area contributed by atoms with Crippen LogP contribution in [0.1, 0.15) is 29.1 Å². The first-order valence-corrected chi connectivity index (χ1v) is 8.88. The molecule has 1 aromatic heterocycles. The zero-order valence-corrected chi connectivity index (χ0v) is 14.6. The van der Waals surface area contributed by atoms with Gasteiger partial charge in [0.25, 0.3) is 0 Å². The summed E-state index contributed by atoms with van der Waals surface area (Å²) in [6.45, 7) is 5.43. The van der Waals surface area contributed by atoms with Crippen LogP contribution >= 0.6 is 0 Å². The number of benzene rings is 1. The Bertz CT molecular complexity index is 763. The Hall–Kier alpha value is -2.18. The van der Waals surface area contributed by atoms with Crippen molar-refractivity contribution < 1.29 is 9.47 Å². The van der Waals surface area contributed by atoms with Gasteiger partial charge in [-0.3, -0.25) is 0 Å². The van der Waals surface area contributed by atoms with Crippen LogP contribution in [-0.2, 0) is 17.8 Å². The molecule has 0 radical (unpaired) electrons. The highest BCUT2D eigenvalue weighted by Gasteiger charge is 2.27. The summed E-state index contributed by atoms with van der Waals surface area (Å²) >= 11 is 0. The number of aryl methyl sites for hydroxylation is 1. The lowest BCUT2D eigenvalue weighted by atomic mass is 10.0. The van der Waals surface area contributed by atoms with Crippen LogP contribution in [0.25, 0.3) is 0 Å². The minimum Gasteiger partial charge on any atom is -0.487 e. The molecule has 0 aliphatic carbocycles. The smallest absolute Gasteiger partial charge is 0.136 e. The molecular weight excluding hydrogens is 316 g/mol. The number of ether oxygens (including phenoxy) is 2. The van der Waals surface area contributed by atoms with E-state index in [1.807, 2.05) is 25.1 Å². The van der Waals surface area contributed by atoms with Gasteiger partial charge in [0.05, 0.1) is 18.4 Å². The highest BCUT2D eigenvalue weighted by molar-refractivity contribution is 5.54.